The number of carbonyl (C=O) groups excluding carboxylic acids is 1. The third-order valence-electron chi connectivity index (χ3n) is 3.50. The monoisotopic (exact) mass is 270 g/mol. The first kappa shape index (κ1) is 18.6. The minimum Gasteiger partial charge on any atom is -0.303 e. The van der Waals surface area contributed by atoms with Crippen molar-refractivity contribution in [3.8, 4) is 0 Å². The van der Waals surface area contributed by atoms with Gasteiger partial charge in [0.15, 0.2) is 5.78 Å². The maximum Gasteiger partial charge on any atom is 0.166 e. The van der Waals surface area contributed by atoms with Gasteiger partial charge >= 0.3 is 0 Å². The van der Waals surface area contributed by atoms with E-state index in [1.807, 2.05) is 20.9 Å². The van der Waals surface area contributed by atoms with Crippen molar-refractivity contribution < 1.29 is 4.79 Å². The van der Waals surface area contributed by atoms with Gasteiger partial charge in [0.05, 0.1) is 12.1 Å². The van der Waals surface area contributed by atoms with Gasteiger partial charge in [-0.1, -0.05) is 20.8 Å². The van der Waals surface area contributed by atoms with E-state index >= 15 is 0 Å². The maximum absolute atomic E-state index is 12.4. The maximum atomic E-state index is 12.4. The quantitative estimate of drug-likeness (QED) is 0.771. The molecule has 0 aliphatic rings. The van der Waals surface area contributed by atoms with Crippen LogP contribution in [0.1, 0.15) is 61.8 Å². The van der Waals surface area contributed by atoms with Crippen molar-refractivity contribution in [3.05, 3.63) is 0 Å². The Morgan fingerprint density at radius 1 is 1.11 bits per heavy atom. The van der Waals surface area contributed by atoms with Gasteiger partial charge in [-0.2, -0.15) is 0 Å². The summed E-state index contributed by atoms with van der Waals surface area (Å²) in [5, 5.41) is 3.48. The number of carbonyl (C=O) groups is 1. The summed E-state index contributed by atoms with van der Waals surface area (Å²) >= 11 is 0. The fourth-order valence-corrected chi connectivity index (χ4v) is 2.27. The Balaban J connectivity index is 4.49. The average Bonchev–Trinajstić information content (AvgIpc) is 2.12. The molecule has 19 heavy (non-hydrogen) atoms. The van der Waals surface area contributed by atoms with Gasteiger partial charge in [-0.25, -0.2) is 0 Å². The Kier molecular flexibility index (Phi) is 6.70. The number of hydrogen-bond donors (Lipinski definition) is 1. The molecule has 0 aliphatic carbocycles. The van der Waals surface area contributed by atoms with Crippen LogP contribution in [0.5, 0.6) is 0 Å². The van der Waals surface area contributed by atoms with E-state index in [0.29, 0.717) is 18.6 Å². The predicted molar refractivity (Wildman–Crippen MR) is 83.5 cm³/mol. The summed E-state index contributed by atoms with van der Waals surface area (Å²) in [5.41, 5.74) is -0.186. The molecule has 0 aliphatic heterocycles. The van der Waals surface area contributed by atoms with Crippen molar-refractivity contribution in [3.63, 3.8) is 0 Å². The molecule has 0 rings (SSSR count). The largest absolute Gasteiger partial charge is 0.303 e. The summed E-state index contributed by atoms with van der Waals surface area (Å²) in [4.78, 5) is 14.5. The lowest BCUT2D eigenvalue weighted by Crippen LogP contribution is -2.54. The molecule has 1 atom stereocenters. The summed E-state index contributed by atoms with van der Waals surface area (Å²) in [6.45, 7) is 17.5. The Hall–Kier alpha value is -0.410. The second-order valence-electron chi connectivity index (χ2n) is 7.87. The summed E-state index contributed by atoms with van der Waals surface area (Å²) in [5.74, 6) is 0.254. The molecule has 0 spiro atoms. The normalized spacial score (nSPS) is 15.1. The molecule has 1 unspecified atom stereocenters. The Bertz CT molecular complexity index is 290. The van der Waals surface area contributed by atoms with E-state index < -0.39 is 5.54 Å². The van der Waals surface area contributed by atoms with Crippen LogP contribution in [0.3, 0.4) is 0 Å². The summed E-state index contributed by atoms with van der Waals surface area (Å²) in [7, 11) is 2.00. The fourth-order valence-electron chi connectivity index (χ4n) is 2.27. The van der Waals surface area contributed by atoms with Crippen molar-refractivity contribution >= 4 is 5.78 Å². The molecule has 0 saturated carbocycles. The van der Waals surface area contributed by atoms with E-state index in [4.69, 9.17) is 0 Å². The van der Waals surface area contributed by atoms with Crippen molar-refractivity contribution in [2.45, 2.75) is 79.4 Å². The zero-order valence-electron chi connectivity index (χ0n) is 14.4. The molecule has 0 aromatic rings. The number of hydrogen-bond acceptors (Lipinski definition) is 3. The summed E-state index contributed by atoms with van der Waals surface area (Å²) < 4.78 is 0. The predicted octanol–water partition coefficient (Wildman–Crippen LogP) is 3.09. The molecule has 3 heteroatoms. The van der Waals surface area contributed by atoms with Crippen LogP contribution in [-0.2, 0) is 4.79 Å². The van der Waals surface area contributed by atoms with Crippen LogP contribution in [0.2, 0.25) is 0 Å². The van der Waals surface area contributed by atoms with Crippen molar-refractivity contribution in [2.24, 2.45) is 5.41 Å². The zero-order chi connectivity index (χ0) is 15.4. The fraction of sp³-hybridized carbons (Fsp3) is 0.938. The minimum atomic E-state index is -0.464. The van der Waals surface area contributed by atoms with Gasteiger partial charge < -0.3 is 5.32 Å². The van der Waals surface area contributed by atoms with Crippen LogP contribution >= 0.6 is 0 Å². The van der Waals surface area contributed by atoms with Crippen LogP contribution in [0.15, 0.2) is 0 Å². The van der Waals surface area contributed by atoms with Crippen molar-refractivity contribution in [1.82, 2.24) is 10.2 Å². The van der Waals surface area contributed by atoms with E-state index in [0.717, 1.165) is 6.42 Å². The lowest BCUT2D eigenvalue weighted by Gasteiger charge is -2.34. The molecule has 0 aromatic heterocycles. The molecule has 0 saturated heterocycles. The van der Waals surface area contributed by atoms with E-state index in [9.17, 15) is 4.79 Å². The number of ketones is 1. The number of nitrogens with zero attached hydrogens (tertiary/aromatic N) is 1. The minimum absolute atomic E-state index is 0.254. The SMILES string of the molecule is CC(CC(C)(C)C)NC(C)(C)C(=O)CN(C)C(C)C. The topological polar surface area (TPSA) is 32.3 Å². The second kappa shape index (κ2) is 6.85. The van der Waals surface area contributed by atoms with Crippen LogP contribution in [0, 0.1) is 5.41 Å². The number of Topliss-reactive ketones (excluding diaryl/α,β-unsaturated/α-hetero) is 1. The van der Waals surface area contributed by atoms with Gasteiger partial charge in [0.2, 0.25) is 0 Å². The molecule has 0 radical (unpaired) electrons. The summed E-state index contributed by atoms with van der Waals surface area (Å²) in [6, 6.07) is 0.732. The lowest BCUT2D eigenvalue weighted by atomic mass is 9.87. The van der Waals surface area contributed by atoms with Crippen molar-refractivity contribution in [1.29, 1.82) is 0 Å². The van der Waals surface area contributed by atoms with Gasteiger partial charge in [-0.05, 0) is 53.5 Å². The second-order valence-corrected chi connectivity index (χ2v) is 7.87. The van der Waals surface area contributed by atoms with Gasteiger partial charge in [0.25, 0.3) is 0 Å². The molecule has 0 aromatic carbocycles. The Labute approximate surface area is 120 Å². The van der Waals surface area contributed by atoms with Crippen LogP contribution in [0.25, 0.3) is 0 Å². The molecule has 0 heterocycles. The first-order chi connectivity index (χ1) is 8.35. The molecule has 0 bridgehead atoms. The highest BCUT2D eigenvalue weighted by molar-refractivity contribution is 5.89. The van der Waals surface area contributed by atoms with E-state index in [-0.39, 0.29) is 11.2 Å². The standard InChI is InChI=1S/C16H34N2O/c1-12(2)18(9)11-14(19)16(7,8)17-13(3)10-15(4,5)6/h12-13,17H,10-11H2,1-9H3. The van der Waals surface area contributed by atoms with Crippen molar-refractivity contribution in [2.75, 3.05) is 13.6 Å². The molecule has 114 valence electrons. The molecule has 0 amide bonds. The number of nitrogens with one attached hydrogen (secondary N) is 1. The lowest BCUT2D eigenvalue weighted by molar-refractivity contribution is -0.125. The highest BCUT2D eigenvalue weighted by atomic mass is 16.1. The van der Waals surface area contributed by atoms with E-state index in [1.165, 1.54) is 0 Å². The van der Waals surface area contributed by atoms with Crippen LogP contribution in [-0.4, -0.2) is 41.9 Å². The third kappa shape index (κ3) is 7.68. The van der Waals surface area contributed by atoms with Gasteiger partial charge in [0.1, 0.15) is 0 Å². The van der Waals surface area contributed by atoms with E-state index in [2.05, 4.69) is 51.8 Å². The van der Waals surface area contributed by atoms with E-state index in [1.54, 1.807) is 0 Å². The van der Waals surface area contributed by atoms with Gasteiger partial charge in [-0.15, -0.1) is 0 Å². The molecule has 3 nitrogen and oxygen atoms in total. The first-order valence-electron chi connectivity index (χ1n) is 7.36. The Morgan fingerprint density at radius 2 is 1.58 bits per heavy atom. The number of rotatable bonds is 7. The van der Waals surface area contributed by atoms with Gasteiger partial charge in [-0.3, -0.25) is 9.69 Å². The number of likely N-dealkylation sites (N-methyl/N-ethyl adjacent to an activating group) is 1. The molecular formula is C16H34N2O. The highest BCUT2D eigenvalue weighted by Crippen LogP contribution is 2.22. The molecular weight excluding hydrogens is 236 g/mol. The smallest absolute Gasteiger partial charge is 0.166 e. The molecule has 0 fully saturated rings. The summed E-state index contributed by atoms with van der Waals surface area (Å²) in [6.07, 6.45) is 1.06. The zero-order valence-corrected chi connectivity index (χ0v) is 14.4. The van der Waals surface area contributed by atoms with Gasteiger partial charge in [0, 0.05) is 12.1 Å². The molecule has 1 N–H and O–H groups in total. The third-order valence-corrected chi connectivity index (χ3v) is 3.50. The first-order valence-corrected chi connectivity index (χ1v) is 7.36. The average molecular weight is 270 g/mol. The van der Waals surface area contributed by atoms with Crippen LogP contribution < -0.4 is 5.32 Å². The van der Waals surface area contributed by atoms with Crippen LogP contribution in [0.4, 0.5) is 0 Å². The Morgan fingerprint density at radius 3 is 1.95 bits per heavy atom. The highest BCUT2D eigenvalue weighted by Gasteiger charge is 2.30.